The molecular weight excluding hydrogens is 286 g/mol. The Bertz CT molecular complexity index is 742. The van der Waals surface area contributed by atoms with Crippen LogP contribution >= 0.6 is 0 Å². The molecule has 0 amide bonds. The predicted molar refractivity (Wildman–Crippen MR) is 83.2 cm³/mol. The summed E-state index contributed by atoms with van der Waals surface area (Å²) in [5.74, 6) is 0. The maximum atomic E-state index is 12.3. The Hall–Kier alpha value is -1.92. The van der Waals surface area contributed by atoms with Gasteiger partial charge in [-0.25, -0.2) is 13.1 Å². The van der Waals surface area contributed by atoms with Crippen LogP contribution in [0.5, 0.6) is 0 Å². The van der Waals surface area contributed by atoms with Crippen molar-refractivity contribution >= 4 is 15.7 Å². The molecule has 0 saturated carbocycles. The van der Waals surface area contributed by atoms with Gasteiger partial charge in [0.25, 0.3) is 0 Å². The molecule has 21 heavy (non-hydrogen) atoms. The molecule has 0 fully saturated rings. The summed E-state index contributed by atoms with van der Waals surface area (Å²) < 4.78 is 27.1. The van der Waals surface area contributed by atoms with Crippen molar-refractivity contribution in [3.8, 4) is 0 Å². The van der Waals surface area contributed by atoms with Gasteiger partial charge in [-0.1, -0.05) is 19.1 Å². The van der Waals surface area contributed by atoms with Gasteiger partial charge >= 0.3 is 0 Å². The van der Waals surface area contributed by atoms with E-state index >= 15 is 0 Å². The van der Waals surface area contributed by atoms with Crippen LogP contribution in [0.3, 0.4) is 0 Å². The quantitative estimate of drug-likeness (QED) is 0.828. The number of sulfonamides is 1. The zero-order chi connectivity index (χ0) is 15.5. The lowest BCUT2D eigenvalue weighted by molar-refractivity contribution is 0.580. The second-order valence-electron chi connectivity index (χ2n) is 4.81. The van der Waals surface area contributed by atoms with Crippen LogP contribution in [0.4, 0.5) is 5.69 Å². The molecule has 3 N–H and O–H groups in total. The fourth-order valence-corrected chi connectivity index (χ4v) is 3.01. The van der Waals surface area contributed by atoms with Gasteiger partial charge in [0, 0.05) is 11.9 Å². The molecule has 6 heteroatoms. The second kappa shape index (κ2) is 6.24. The zero-order valence-corrected chi connectivity index (χ0v) is 12.9. The van der Waals surface area contributed by atoms with E-state index in [0.29, 0.717) is 5.69 Å². The van der Waals surface area contributed by atoms with Gasteiger partial charge in [0.05, 0.1) is 17.1 Å². The monoisotopic (exact) mass is 305 g/mol. The molecular formula is C15H19N3O2S. The number of nitrogen functional groups attached to an aromatic ring is 1. The standard InChI is InChI=1S/C15H19N3O2S/c1-3-12-5-4-8-17-15(12)10-18-21(19,20)13-7-6-11(2)14(16)9-13/h4-9,18H,3,10,16H2,1-2H3. The smallest absolute Gasteiger partial charge is 0.240 e. The van der Waals surface area contributed by atoms with Gasteiger partial charge in [-0.05, 0) is 42.7 Å². The lowest BCUT2D eigenvalue weighted by atomic mass is 10.1. The average Bonchev–Trinajstić information content (AvgIpc) is 2.48. The second-order valence-corrected chi connectivity index (χ2v) is 6.57. The predicted octanol–water partition coefficient (Wildman–Crippen LogP) is 2.01. The minimum Gasteiger partial charge on any atom is -0.398 e. The molecule has 0 bridgehead atoms. The molecule has 112 valence electrons. The van der Waals surface area contributed by atoms with Crippen LogP contribution in [-0.2, 0) is 23.0 Å². The molecule has 0 radical (unpaired) electrons. The number of hydrogen-bond donors (Lipinski definition) is 2. The number of benzene rings is 1. The molecule has 2 aromatic rings. The van der Waals surface area contributed by atoms with Crippen LogP contribution in [-0.4, -0.2) is 13.4 Å². The molecule has 0 atom stereocenters. The van der Waals surface area contributed by atoms with E-state index in [2.05, 4.69) is 9.71 Å². The number of anilines is 1. The maximum Gasteiger partial charge on any atom is 0.240 e. The molecule has 1 aromatic heterocycles. The molecule has 0 aliphatic rings. The van der Waals surface area contributed by atoms with Crippen molar-refractivity contribution in [2.45, 2.75) is 31.7 Å². The first-order valence-electron chi connectivity index (χ1n) is 6.72. The Labute approximate surface area is 125 Å². The largest absolute Gasteiger partial charge is 0.398 e. The summed E-state index contributed by atoms with van der Waals surface area (Å²) in [5, 5.41) is 0. The van der Waals surface area contributed by atoms with Crippen molar-refractivity contribution < 1.29 is 8.42 Å². The SMILES string of the molecule is CCc1cccnc1CNS(=O)(=O)c1ccc(C)c(N)c1. The van der Waals surface area contributed by atoms with Crippen molar-refractivity contribution in [3.05, 3.63) is 53.3 Å². The van der Waals surface area contributed by atoms with Crippen LogP contribution in [0.2, 0.25) is 0 Å². The van der Waals surface area contributed by atoms with Gasteiger partial charge in [-0.2, -0.15) is 0 Å². The summed E-state index contributed by atoms with van der Waals surface area (Å²) in [6.45, 7) is 4.01. The zero-order valence-electron chi connectivity index (χ0n) is 12.1. The van der Waals surface area contributed by atoms with Crippen molar-refractivity contribution in [2.24, 2.45) is 0 Å². The van der Waals surface area contributed by atoms with Crippen LogP contribution in [0.1, 0.15) is 23.7 Å². The Balaban J connectivity index is 2.20. The first kappa shape index (κ1) is 15.5. The van der Waals surface area contributed by atoms with E-state index in [1.165, 1.54) is 6.07 Å². The number of nitrogens with one attached hydrogen (secondary N) is 1. The van der Waals surface area contributed by atoms with Gasteiger partial charge in [-0.15, -0.1) is 0 Å². The Morgan fingerprint density at radius 1 is 1.29 bits per heavy atom. The minimum atomic E-state index is -3.59. The third-order valence-electron chi connectivity index (χ3n) is 3.36. The van der Waals surface area contributed by atoms with Crippen LogP contribution < -0.4 is 10.5 Å². The van der Waals surface area contributed by atoms with Crippen LogP contribution in [0, 0.1) is 6.92 Å². The molecule has 0 spiro atoms. The molecule has 0 aliphatic carbocycles. The third kappa shape index (κ3) is 3.59. The number of nitrogens with two attached hydrogens (primary N) is 1. The number of hydrogen-bond acceptors (Lipinski definition) is 4. The number of rotatable bonds is 5. The third-order valence-corrected chi connectivity index (χ3v) is 4.75. The van der Waals surface area contributed by atoms with Crippen LogP contribution in [0.15, 0.2) is 41.4 Å². The summed E-state index contributed by atoms with van der Waals surface area (Å²) in [5.41, 5.74) is 8.85. The highest BCUT2D eigenvalue weighted by molar-refractivity contribution is 7.89. The van der Waals surface area contributed by atoms with E-state index in [1.807, 2.05) is 26.0 Å². The summed E-state index contributed by atoms with van der Waals surface area (Å²) in [6, 6.07) is 8.50. The lowest BCUT2D eigenvalue weighted by Gasteiger charge is -2.10. The summed E-state index contributed by atoms with van der Waals surface area (Å²) >= 11 is 0. The van der Waals surface area contributed by atoms with Gasteiger partial charge in [0.1, 0.15) is 0 Å². The van der Waals surface area contributed by atoms with Crippen LogP contribution in [0.25, 0.3) is 0 Å². The van der Waals surface area contributed by atoms with Crippen molar-refractivity contribution in [3.63, 3.8) is 0 Å². The highest BCUT2D eigenvalue weighted by Crippen LogP contribution is 2.17. The first-order chi connectivity index (χ1) is 9.94. The van der Waals surface area contributed by atoms with E-state index in [4.69, 9.17) is 5.73 Å². The van der Waals surface area contributed by atoms with Gasteiger partial charge in [0.2, 0.25) is 10.0 Å². The van der Waals surface area contributed by atoms with Gasteiger partial charge in [-0.3, -0.25) is 4.98 Å². The normalized spacial score (nSPS) is 11.5. The topological polar surface area (TPSA) is 85.1 Å². The van der Waals surface area contributed by atoms with Crippen molar-refractivity contribution in [1.82, 2.24) is 9.71 Å². The fourth-order valence-electron chi connectivity index (χ4n) is 1.98. The minimum absolute atomic E-state index is 0.166. The first-order valence-corrected chi connectivity index (χ1v) is 8.21. The van der Waals surface area contributed by atoms with E-state index in [0.717, 1.165) is 23.2 Å². The van der Waals surface area contributed by atoms with Gasteiger partial charge < -0.3 is 5.73 Å². The highest BCUT2D eigenvalue weighted by Gasteiger charge is 2.15. The Morgan fingerprint density at radius 3 is 2.71 bits per heavy atom. The molecule has 1 aromatic carbocycles. The van der Waals surface area contributed by atoms with E-state index in [1.54, 1.807) is 18.3 Å². The Morgan fingerprint density at radius 2 is 2.05 bits per heavy atom. The van der Waals surface area contributed by atoms with E-state index in [9.17, 15) is 8.42 Å². The van der Waals surface area contributed by atoms with Gasteiger partial charge in [0.15, 0.2) is 0 Å². The average molecular weight is 305 g/mol. The molecule has 5 nitrogen and oxygen atoms in total. The number of aromatic nitrogens is 1. The summed E-state index contributed by atoms with van der Waals surface area (Å²) in [6.07, 6.45) is 2.47. The summed E-state index contributed by atoms with van der Waals surface area (Å²) in [4.78, 5) is 4.39. The summed E-state index contributed by atoms with van der Waals surface area (Å²) in [7, 11) is -3.59. The number of nitrogens with zero attached hydrogens (tertiary/aromatic N) is 1. The molecule has 1 heterocycles. The van der Waals surface area contributed by atoms with Crippen molar-refractivity contribution in [1.29, 1.82) is 0 Å². The lowest BCUT2D eigenvalue weighted by Crippen LogP contribution is -2.24. The molecule has 2 rings (SSSR count). The van der Waals surface area contributed by atoms with Crippen molar-refractivity contribution in [2.75, 3.05) is 5.73 Å². The van der Waals surface area contributed by atoms with E-state index < -0.39 is 10.0 Å². The highest BCUT2D eigenvalue weighted by atomic mass is 32.2. The maximum absolute atomic E-state index is 12.3. The number of pyridine rings is 1. The molecule has 0 saturated heterocycles. The Kier molecular flexibility index (Phi) is 4.59. The fraction of sp³-hybridized carbons (Fsp3) is 0.267. The van der Waals surface area contributed by atoms with E-state index in [-0.39, 0.29) is 11.4 Å². The number of aryl methyl sites for hydroxylation is 2. The molecule has 0 aliphatic heterocycles. The molecule has 0 unspecified atom stereocenters.